The monoisotopic (exact) mass is 584 g/mol. The number of aromatic nitrogens is 4. The zero-order valence-electron chi connectivity index (χ0n) is 24.3. The Morgan fingerprint density at radius 2 is 1.95 bits per heavy atom. The normalized spacial score (nSPS) is 19.0. The number of hydrogen-bond acceptors (Lipinski definition) is 8. The fourth-order valence-electron chi connectivity index (χ4n) is 5.61. The van der Waals surface area contributed by atoms with Gasteiger partial charge in [0.05, 0.1) is 11.7 Å². The zero-order chi connectivity index (χ0) is 29.5. The Morgan fingerprint density at radius 1 is 1.17 bits per heavy atom. The predicted molar refractivity (Wildman–Crippen MR) is 157 cm³/mol. The molecular weight excluding hydrogens is 542 g/mol. The number of alkyl halides is 2. The summed E-state index contributed by atoms with van der Waals surface area (Å²) >= 11 is 0. The van der Waals surface area contributed by atoms with Gasteiger partial charge in [0, 0.05) is 31.0 Å². The molecule has 3 heterocycles. The highest BCUT2D eigenvalue weighted by Crippen LogP contribution is 2.35. The first-order chi connectivity index (χ1) is 20.4. The van der Waals surface area contributed by atoms with Crippen molar-refractivity contribution in [2.75, 3.05) is 43.9 Å². The van der Waals surface area contributed by atoms with Gasteiger partial charge in [-0.15, -0.1) is 0 Å². The summed E-state index contributed by atoms with van der Waals surface area (Å²) < 4.78 is 35.0. The molecule has 0 aliphatic heterocycles. The molecule has 228 valence electrons. The number of oxazole rings is 1. The minimum Gasteiger partial charge on any atom is -0.444 e. The number of anilines is 2. The summed E-state index contributed by atoms with van der Waals surface area (Å²) in [4.78, 5) is 24.0. The van der Waals surface area contributed by atoms with E-state index in [1.807, 2.05) is 6.07 Å². The first kappa shape index (κ1) is 30.1. The summed E-state index contributed by atoms with van der Waals surface area (Å²) in [5.41, 5.74) is 5.80. The Labute approximate surface area is 245 Å². The predicted octanol–water partition coefficient (Wildman–Crippen LogP) is 5.74. The summed E-state index contributed by atoms with van der Waals surface area (Å²) in [6.07, 6.45) is 11.1. The molecule has 2 saturated carbocycles. The van der Waals surface area contributed by atoms with Crippen LogP contribution < -0.4 is 16.4 Å². The summed E-state index contributed by atoms with van der Waals surface area (Å²) in [6.45, 7) is 3.71. The molecule has 0 unspecified atom stereocenters. The van der Waals surface area contributed by atoms with Gasteiger partial charge in [0.25, 0.3) is 12.3 Å². The third-order valence-corrected chi connectivity index (χ3v) is 8.23. The number of rotatable bonds is 15. The summed E-state index contributed by atoms with van der Waals surface area (Å²) in [6, 6.07) is 3.57. The van der Waals surface area contributed by atoms with Crippen LogP contribution in [0.1, 0.15) is 86.4 Å². The van der Waals surface area contributed by atoms with E-state index in [-0.39, 0.29) is 23.3 Å². The molecule has 0 atom stereocenters. The SMILES string of the molecule is CN(CCCCCN)CC1CCC(n2cc(NC(=O)c3coc(-c4ccnc(NCC5CC5)c4)n3)c(C(F)F)n2)CC1. The lowest BCUT2D eigenvalue weighted by molar-refractivity contribution is 0.102. The van der Waals surface area contributed by atoms with E-state index in [4.69, 9.17) is 10.2 Å². The van der Waals surface area contributed by atoms with Crippen LogP contribution in [-0.2, 0) is 0 Å². The van der Waals surface area contributed by atoms with Gasteiger partial charge in [0.15, 0.2) is 11.4 Å². The Balaban J connectivity index is 1.17. The van der Waals surface area contributed by atoms with Crippen molar-refractivity contribution in [3.63, 3.8) is 0 Å². The zero-order valence-corrected chi connectivity index (χ0v) is 24.3. The van der Waals surface area contributed by atoms with Gasteiger partial charge < -0.3 is 25.7 Å². The minimum atomic E-state index is -2.82. The van der Waals surface area contributed by atoms with Crippen LogP contribution in [0.5, 0.6) is 0 Å². The summed E-state index contributed by atoms with van der Waals surface area (Å²) in [5.74, 6) is 1.60. The van der Waals surface area contributed by atoms with Gasteiger partial charge >= 0.3 is 0 Å². The second-order valence-electron chi connectivity index (χ2n) is 11.7. The van der Waals surface area contributed by atoms with Crippen molar-refractivity contribution in [1.29, 1.82) is 0 Å². The highest BCUT2D eigenvalue weighted by Gasteiger charge is 2.28. The maximum Gasteiger partial charge on any atom is 0.284 e. The molecule has 0 radical (unpaired) electrons. The van der Waals surface area contributed by atoms with Gasteiger partial charge in [-0.1, -0.05) is 6.42 Å². The largest absolute Gasteiger partial charge is 0.444 e. The van der Waals surface area contributed by atoms with Crippen LogP contribution in [0, 0.1) is 11.8 Å². The number of carbonyl (C=O) groups is 1. The highest BCUT2D eigenvalue weighted by molar-refractivity contribution is 6.03. The molecule has 3 aromatic heterocycles. The van der Waals surface area contributed by atoms with Crippen LogP contribution in [0.4, 0.5) is 20.3 Å². The molecule has 0 aromatic carbocycles. The van der Waals surface area contributed by atoms with Crippen molar-refractivity contribution in [2.45, 2.75) is 70.3 Å². The number of amides is 1. The molecular formula is C30H42F2N8O2. The third-order valence-electron chi connectivity index (χ3n) is 8.23. The first-order valence-electron chi connectivity index (χ1n) is 15.1. The van der Waals surface area contributed by atoms with Crippen molar-refractivity contribution in [2.24, 2.45) is 17.6 Å². The molecule has 2 fully saturated rings. The van der Waals surface area contributed by atoms with Gasteiger partial charge in [-0.25, -0.2) is 18.7 Å². The number of carbonyl (C=O) groups excluding carboxylic acids is 1. The molecule has 2 aliphatic rings. The standard InChI is InChI=1S/C30H42F2N8O2/c1-39(14-4-2-3-12-33)17-21-7-9-23(10-8-21)40-18-24(27(38-40)28(31)32)36-29(41)25-19-42-30(37-25)22-11-13-34-26(15-22)35-16-20-5-6-20/h11,13,15,18-21,23,28H,2-10,12,14,16-17,33H2,1H3,(H,34,35)(H,36,41). The van der Waals surface area contributed by atoms with Gasteiger partial charge in [0.1, 0.15) is 12.1 Å². The molecule has 12 heteroatoms. The Hall–Kier alpha value is -3.38. The van der Waals surface area contributed by atoms with Crippen LogP contribution >= 0.6 is 0 Å². The van der Waals surface area contributed by atoms with Gasteiger partial charge in [-0.05, 0) is 95.5 Å². The van der Waals surface area contributed by atoms with Crippen LogP contribution in [0.2, 0.25) is 0 Å². The van der Waals surface area contributed by atoms with E-state index in [2.05, 4.69) is 37.6 Å². The number of halogens is 2. The Morgan fingerprint density at radius 3 is 2.69 bits per heavy atom. The average molecular weight is 585 g/mol. The third kappa shape index (κ3) is 8.13. The Kier molecular flexibility index (Phi) is 10.2. The van der Waals surface area contributed by atoms with E-state index in [0.29, 0.717) is 23.2 Å². The van der Waals surface area contributed by atoms with Crippen molar-refractivity contribution in [3.05, 3.63) is 42.2 Å². The van der Waals surface area contributed by atoms with Gasteiger partial charge in [0.2, 0.25) is 5.89 Å². The van der Waals surface area contributed by atoms with Crippen molar-refractivity contribution in [3.8, 4) is 11.5 Å². The van der Waals surface area contributed by atoms with Crippen LogP contribution in [0.25, 0.3) is 11.5 Å². The molecule has 0 saturated heterocycles. The van der Waals surface area contributed by atoms with Crippen molar-refractivity contribution < 1.29 is 18.0 Å². The number of nitrogens with zero attached hydrogens (tertiary/aromatic N) is 5. The maximum atomic E-state index is 13.9. The number of hydrogen-bond donors (Lipinski definition) is 3. The quantitative estimate of drug-likeness (QED) is 0.193. The molecule has 0 bridgehead atoms. The molecule has 3 aromatic rings. The second-order valence-corrected chi connectivity index (χ2v) is 11.7. The van der Waals surface area contributed by atoms with E-state index >= 15 is 0 Å². The summed E-state index contributed by atoms with van der Waals surface area (Å²) in [7, 11) is 2.16. The topological polar surface area (TPSA) is 127 Å². The van der Waals surface area contributed by atoms with Crippen molar-refractivity contribution in [1.82, 2.24) is 24.6 Å². The molecule has 2 aliphatic carbocycles. The highest BCUT2D eigenvalue weighted by atomic mass is 19.3. The average Bonchev–Trinajstić information content (AvgIpc) is 3.50. The minimum absolute atomic E-state index is 0.00470. The molecule has 0 spiro atoms. The molecule has 5 rings (SSSR count). The number of nitrogens with one attached hydrogen (secondary N) is 2. The first-order valence-corrected chi connectivity index (χ1v) is 15.1. The second kappa shape index (κ2) is 14.2. The number of nitrogens with two attached hydrogens (primary N) is 1. The van der Waals surface area contributed by atoms with Gasteiger partial charge in [-0.3, -0.25) is 9.48 Å². The lowest BCUT2D eigenvalue weighted by Gasteiger charge is -2.31. The lowest BCUT2D eigenvalue weighted by atomic mass is 9.86. The lowest BCUT2D eigenvalue weighted by Crippen LogP contribution is -2.30. The smallest absolute Gasteiger partial charge is 0.284 e. The van der Waals surface area contributed by atoms with E-state index in [1.165, 1.54) is 25.3 Å². The van der Waals surface area contributed by atoms with Crippen molar-refractivity contribution >= 4 is 17.4 Å². The van der Waals surface area contributed by atoms with E-state index in [9.17, 15) is 13.6 Å². The fourth-order valence-corrected chi connectivity index (χ4v) is 5.61. The van der Waals surface area contributed by atoms with E-state index in [0.717, 1.165) is 71.1 Å². The van der Waals surface area contributed by atoms with Crippen LogP contribution in [0.15, 0.2) is 35.2 Å². The Bertz CT molecular complexity index is 1300. The van der Waals surface area contributed by atoms with E-state index in [1.54, 1.807) is 16.9 Å². The molecule has 4 N–H and O–H groups in total. The summed E-state index contributed by atoms with van der Waals surface area (Å²) in [5, 5.41) is 10.1. The molecule has 10 nitrogen and oxygen atoms in total. The maximum absolute atomic E-state index is 13.9. The number of unbranched alkanes of at least 4 members (excludes halogenated alkanes) is 2. The van der Waals surface area contributed by atoms with Crippen LogP contribution in [0.3, 0.4) is 0 Å². The molecule has 42 heavy (non-hydrogen) atoms. The fraction of sp³-hybridized carbons (Fsp3) is 0.600. The number of pyridine rings is 1. The van der Waals surface area contributed by atoms with Crippen LogP contribution in [-0.4, -0.2) is 63.8 Å². The molecule has 1 amide bonds. The van der Waals surface area contributed by atoms with E-state index < -0.39 is 18.0 Å². The van der Waals surface area contributed by atoms with Gasteiger partial charge in [-0.2, -0.15) is 5.10 Å².